The van der Waals surface area contributed by atoms with E-state index in [1.165, 1.54) is 6.07 Å². The molecule has 5 nitrogen and oxygen atoms in total. The predicted molar refractivity (Wildman–Crippen MR) is 96.0 cm³/mol. The molecule has 1 aromatic rings. The molecule has 0 saturated heterocycles. The topological polar surface area (TPSA) is 76.0 Å². The zero-order valence-electron chi connectivity index (χ0n) is 15.4. The molecule has 6 heteroatoms. The van der Waals surface area contributed by atoms with Crippen LogP contribution in [0.4, 0.5) is 4.39 Å². The van der Waals surface area contributed by atoms with Gasteiger partial charge in [0.05, 0.1) is 32.3 Å². The van der Waals surface area contributed by atoms with Crippen molar-refractivity contribution in [3.05, 3.63) is 41.3 Å². The second kappa shape index (κ2) is 10.1. The number of ether oxygens (including phenoxy) is 2. The molecule has 1 aromatic carbocycles. The Morgan fingerprint density at radius 1 is 1.32 bits per heavy atom. The molecule has 138 valence electrons. The van der Waals surface area contributed by atoms with Gasteiger partial charge >= 0.3 is 5.97 Å². The van der Waals surface area contributed by atoms with Crippen molar-refractivity contribution in [1.82, 2.24) is 0 Å². The summed E-state index contributed by atoms with van der Waals surface area (Å²) in [6.07, 6.45) is 3.65. The normalized spacial score (nSPS) is 12.1. The van der Waals surface area contributed by atoms with Crippen molar-refractivity contribution in [3.8, 4) is 0 Å². The van der Waals surface area contributed by atoms with Gasteiger partial charge in [0.1, 0.15) is 17.6 Å². The molecule has 0 bridgehead atoms. The largest absolute Gasteiger partial charge is 0.460 e. The minimum Gasteiger partial charge on any atom is -0.460 e. The summed E-state index contributed by atoms with van der Waals surface area (Å²) in [6.45, 7) is 6.19. The van der Waals surface area contributed by atoms with Crippen LogP contribution in [0.5, 0.6) is 0 Å². The predicted octanol–water partition coefficient (Wildman–Crippen LogP) is 2.30. The van der Waals surface area contributed by atoms with Crippen LogP contribution in [0.25, 0.3) is 5.57 Å². The maximum absolute atomic E-state index is 14.0. The standard InChI is InChI=1S/C19H27FN2O3/c1-19(2,3)25-18(23)8-10-24-9-7-14-5-6-17(20)16(11-14)15(12-21)13-22-4/h5-6,11-13,21-22H,7-10H2,1-4H3/p+1. The molecule has 0 saturated carbocycles. The van der Waals surface area contributed by atoms with E-state index in [4.69, 9.17) is 14.9 Å². The van der Waals surface area contributed by atoms with E-state index in [1.807, 2.05) is 27.8 Å². The van der Waals surface area contributed by atoms with E-state index >= 15 is 0 Å². The van der Waals surface area contributed by atoms with E-state index in [-0.39, 0.29) is 18.2 Å². The number of benzene rings is 1. The lowest BCUT2D eigenvalue weighted by molar-refractivity contribution is -0.555. The molecule has 3 N–H and O–H groups in total. The van der Waals surface area contributed by atoms with Gasteiger partial charge < -0.3 is 20.2 Å². The average molecular weight is 351 g/mol. The lowest BCUT2D eigenvalue weighted by Gasteiger charge is -2.19. The maximum atomic E-state index is 14.0. The Kier molecular flexibility index (Phi) is 8.45. The van der Waals surface area contributed by atoms with E-state index in [0.717, 1.165) is 11.8 Å². The summed E-state index contributed by atoms with van der Waals surface area (Å²) >= 11 is 0. The lowest BCUT2D eigenvalue weighted by Crippen LogP contribution is -2.72. The molecule has 0 radical (unpaired) electrons. The molecule has 0 aromatic heterocycles. The van der Waals surface area contributed by atoms with Gasteiger partial charge in [0, 0.05) is 11.8 Å². The van der Waals surface area contributed by atoms with Gasteiger partial charge in [0.2, 0.25) is 0 Å². The van der Waals surface area contributed by atoms with E-state index in [9.17, 15) is 9.18 Å². The second-order valence-electron chi connectivity index (χ2n) is 6.61. The van der Waals surface area contributed by atoms with Gasteiger partial charge in [0.25, 0.3) is 0 Å². The zero-order valence-corrected chi connectivity index (χ0v) is 15.4. The van der Waals surface area contributed by atoms with Crippen LogP contribution in [0.15, 0.2) is 24.4 Å². The van der Waals surface area contributed by atoms with E-state index in [1.54, 1.807) is 23.6 Å². The molecule has 0 unspecified atom stereocenters. The van der Waals surface area contributed by atoms with Gasteiger partial charge in [-0.1, -0.05) is 6.07 Å². The second-order valence-corrected chi connectivity index (χ2v) is 6.61. The molecule has 0 amide bonds. The maximum Gasteiger partial charge on any atom is 0.308 e. The summed E-state index contributed by atoms with van der Waals surface area (Å²) < 4.78 is 24.6. The third kappa shape index (κ3) is 8.05. The van der Waals surface area contributed by atoms with Crippen LogP contribution in [0.2, 0.25) is 0 Å². The van der Waals surface area contributed by atoms with Gasteiger partial charge in [-0.15, -0.1) is 0 Å². The molecular formula is C19H28FN2O3+. The highest BCUT2D eigenvalue weighted by atomic mass is 19.1. The molecule has 0 aliphatic rings. The molecule has 1 rings (SSSR count). The smallest absolute Gasteiger partial charge is 0.308 e. The summed E-state index contributed by atoms with van der Waals surface area (Å²) in [5.41, 5.74) is 1.35. The van der Waals surface area contributed by atoms with E-state index < -0.39 is 5.60 Å². The molecule has 0 fully saturated rings. The monoisotopic (exact) mass is 351 g/mol. The Labute approximate surface area is 148 Å². The Bertz CT molecular complexity index is 622. The fourth-order valence-electron chi connectivity index (χ4n) is 2.18. The third-order valence-electron chi connectivity index (χ3n) is 3.25. The van der Waals surface area contributed by atoms with Crippen LogP contribution in [-0.2, 0) is 20.7 Å². The average Bonchev–Trinajstić information content (AvgIpc) is 2.52. The summed E-state index contributed by atoms with van der Waals surface area (Å²) in [6, 6.07) is 4.83. The van der Waals surface area contributed by atoms with Crippen molar-refractivity contribution in [2.45, 2.75) is 39.2 Å². The number of nitrogens with two attached hydrogens (primary N) is 1. The van der Waals surface area contributed by atoms with Crippen LogP contribution in [0.1, 0.15) is 38.3 Å². The van der Waals surface area contributed by atoms with Gasteiger partial charge in [-0.2, -0.15) is 0 Å². The first-order valence-corrected chi connectivity index (χ1v) is 8.35. The highest BCUT2D eigenvalue weighted by molar-refractivity contribution is 6.07. The van der Waals surface area contributed by atoms with Gasteiger partial charge in [-0.25, -0.2) is 4.39 Å². The van der Waals surface area contributed by atoms with Crippen molar-refractivity contribution in [3.63, 3.8) is 0 Å². The highest BCUT2D eigenvalue weighted by Crippen LogP contribution is 2.18. The van der Waals surface area contributed by atoms with Crippen LogP contribution >= 0.6 is 0 Å². The van der Waals surface area contributed by atoms with Crippen molar-refractivity contribution in [1.29, 1.82) is 5.41 Å². The van der Waals surface area contributed by atoms with Crippen molar-refractivity contribution in [2.24, 2.45) is 0 Å². The van der Waals surface area contributed by atoms with Crippen LogP contribution in [-0.4, -0.2) is 38.0 Å². The molecule has 25 heavy (non-hydrogen) atoms. The number of rotatable bonds is 9. The summed E-state index contributed by atoms with van der Waals surface area (Å²) in [5, 5.41) is 9.18. The number of quaternary nitrogens is 1. The Hall–Kier alpha value is -2.05. The number of carbonyl (C=O) groups excluding carboxylic acids is 1. The Morgan fingerprint density at radius 2 is 2.04 bits per heavy atom. The van der Waals surface area contributed by atoms with Crippen molar-refractivity contribution in [2.75, 3.05) is 20.3 Å². The first-order valence-electron chi connectivity index (χ1n) is 8.35. The van der Waals surface area contributed by atoms with Gasteiger partial charge in [-0.05, 0) is 44.9 Å². The van der Waals surface area contributed by atoms with Crippen molar-refractivity contribution < 1.29 is 24.0 Å². The SMILES string of the molecule is C[NH2+]C=C(C=N)c1cc(CCOCCC(=O)OC(C)(C)C)ccc1F. The molecule has 0 aliphatic heterocycles. The fraction of sp³-hybridized carbons (Fsp3) is 0.474. The highest BCUT2D eigenvalue weighted by Gasteiger charge is 2.15. The first-order chi connectivity index (χ1) is 11.8. The van der Waals surface area contributed by atoms with Gasteiger partial charge in [-0.3, -0.25) is 4.79 Å². The number of esters is 1. The van der Waals surface area contributed by atoms with Crippen LogP contribution in [0, 0.1) is 11.2 Å². The molecular weight excluding hydrogens is 323 g/mol. The van der Waals surface area contributed by atoms with Crippen molar-refractivity contribution >= 4 is 17.8 Å². The quantitative estimate of drug-likeness (QED) is 0.407. The zero-order chi connectivity index (χ0) is 18.9. The van der Waals surface area contributed by atoms with E-state index in [0.29, 0.717) is 30.8 Å². The van der Waals surface area contributed by atoms with Crippen LogP contribution in [0.3, 0.4) is 0 Å². The summed E-state index contributed by atoms with van der Waals surface area (Å²) in [7, 11) is 1.82. The number of hydrogen-bond donors (Lipinski definition) is 2. The minimum atomic E-state index is -0.488. The Morgan fingerprint density at radius 3 is 2.64 bits per heavy atom. The molecule has 0 spiro atoms. The lowest BCUT2D eigenvalue weighted by atomic mass is 10.0. The summed E-state index contributed by atoms with van der Waals surface area (Å²) in [4.78, 5) is 11.6. The molecule has 0 heterocycles. The van der Waals surface area contributed by atoms with Crippen LogP contribution < -0.4 is 5.32 Å². The number of nitrogens with one attached hydrogen (secondary N) is 1. The van der Waals surface area contributed by atoms with Gasteiger partial charge in [0.15, 0.2) is 0 Å². The number of carbonyl (C=O) groups is 1. The Balaban J connectivity index is 2.50. The number of hydrogen-bond acceptors (Lipinski definition) is 4. The fourth-order valence-corrected chi connectivity index (χ4v) is 2.18. The third-order valence-corrected chi connectivity index (χ3v) is 3.25. The minimum absolute atomic E-state index is 0.207. The number of allylic oxidation sites excluding steroid dienone is 1. The first kappa shape index (κ1) is 21.0. The van der Waals surface area contributed by atoms with E-state index in [2.05, 4.69) is 0 Å². The molecule has 0 atom stereocenters. The molecule has 0 aliphatic carbocycles. The summed E-state index contributed by atoms with van der Waals surface area (Å²) in [5.74, 6) is -0.639. The number of halogens is 1.